The average Bonchev–Trinajstić information content (AvgIpc) is 3.17. The van der Waals surface area contributed by atoms with Gasteiger partial charge >= 0.3 is 0 Å². The fourth-order valence-electron chi connectivity index (χ4n) is 2.95. The summed E-state index contributed by atoms with van der Waals surface area (Å²) in [4.78, 5) is 26.2. The smallest absolute Gasteiger partial charge is 0.254 e. The van der Waals surface area contributed by atoms with Gasteiger partial charge in [-0.25, -0.2) is 0 Å². The number of likely N-dealkylation sites (tertiary alicyclic amines) is 1. The lowest BCUT2D eigenvalue weighted by Gasteiger charge is -2.31. The molecule has 6 nitrogen and oxygen atoms in total. The molecule has 2 N–H and O–H groups in total. The number of piperidine rings is 1. The van der Waals surface area contributed by atoms with Gasteiger partial charge in [-0.2, -0.15) is 0 Å². The maximum Gasteiger partial charge on any atom is 0.254 e. The Labute approximate surface area is 147 Å². The molecule has 1 saturated heterocycles. The predicted octanol–water partition coefficient (Wildman–Crippen LogP) is 1.79. The molecule has 1 fully saturated rings. The van der Waals surface area contributed by atoms with Crippen LogP contribution in [0.2, 0.25) is 0 Å². The van der Waals surface area contributed by atoms with E-state index in [-0.39, 0.29) is 17.9 Å². The van der Waals surface area contributed by atoms with E-state index in [4.69, 9.17) is 4.42 Å². The van der Waals surface area contributed by atoms with Crippen LogP contribution < -0.4 is 10.6 Å². The summed E-state index contributed by atoms with van der Waals surface area (Å²) in [7, 11) is 0. The Morgan fingerprint density at radius 3 is 2.56 bits per heavy atom. The molecular weight excluding hydrogens is 318 g/mol. The molecule has 0 radical (unpaired) electrons. The molecule has 132 valence electrons. The van der Waals surface area contributed by atoms with Crippen LogP contribution in [-0.2, 0) is 11.3 Å². The number of hydrogen-bond acceptors (Lipinski definition) is 4. The van der Waals surface area contributed by atoms with E-state index in [9.17, 15) is 9.59 Å². The van der Waals surface area contributed by atoms with Crippen molar-refractivity contribution in [2.75, 3.05) is 19.6 Å². The van der Waals surface area contributed by atoms with Gasteiger partial charge in [0.2, 0.25) is 5.91 Å². The Bertz CT molecular complexity index is 677. The Morgan fingerprint density at radius 2 is 1.88 bits per heavy atom. The van der Waals surface area contributed by atoms with Gasteiger partial charge in [0.1, 0.15) is 6.26 Å². The van der Waals surface area contributed by atoms with Crippen molar-refractivity contribution in [3.05, 3.63) is 60.1 Å². The fourth-order valence-corrected chi connectivity index (χ4v) is 2.95. The lowest BCUT2D eigenvalue weighted by Crippen LogP contribution is -2.47. The molecule has 2 heterocycles. The molecule has 1 aliphatic heterocycles. The second kappa shape index (κ2) is 8.48. The molecule has 3 rings (SSSR count). The van der Waals surface area contributed by atoms with E-state index in [0.717, 1.165) is 31.5 Å². The van der Waals surface area contributed by atoms with Crippen molar-refractivity contribution in [2.24, 2.45) is 0 Å². The molecule has 0 atom stereocenters. The molecule has 0 aliphatic carbocycles. The number of rotatable bonds is 6. The van der Waals surface area contributed by atoms with Crippen molar-refractivity contribution in [1.82, 2.24) is 15.5 Å². The standard InChI is InChI=1S/C19H23N3O3/c23-18(20-12-15-4-2-1-3-5-15)13-22-9-6-17(7-10-22)21-19(24)16-8-11-25-14-16/h1-5,8,11,14,17H,6-7,9-10,12-13H2,(H,20,23)(H,21,24). The number of carbonyl (C=O) groups excluding carboxylic acids is 2. The average molecular weight is 341 g/mol. The molecule has 0 unspecified atom stereocenters. The molecule has 2 amide bonds. The van der Waals surface area contributed by atoms with Gasteiger partial charge in [0, 0.05) is 25.7 Å². The predicted molar refractivity (Wildman–Crippen MR) is 93.9 cm³/mol. The van der Waals surface area contributed by atoms with Gasteiger partial charge in [-0.05, 0) is 24.5 Å². The van der Waals surface area contributed by atoms with Crippen molar-refractivity contribution < 1.29 is 14.0 Å². The second-order valence-corrected chi connectivity index (χ2v) is 6.30. The highest BCUT2D eigenvalue weighted by atomic mass is 16.3. The monoisotopic (exact) mass is 341 g/mol. The number of nitrogens with zero attached hydrogens (tertiary/aromatic N) is 1. The normalized spacial score (nSPS) is 15.7. The van der Waals surface area contributed by atoms with Crippen LogP contribution in [0.25, 0.3) is 0 Å². The Hall–Kier alpha value is -2.60. The summed E-state index contributed by atoms with van der Waals surface area (Å²) < 4.78 is 4.93. The van der Waals surface area contributed by atoms with Crippen LogP contribution in [0.1, 0.15) is 28.8 Å². The third kappa shape index (κ3) is 5.19. The number of hydrogen-bond donors (Lipinski definition) is 2. The van der Waals surface area contributed by atoms with Crippen LogP contribution in [0.3, 0.4) is 0 Å². The van der Waals surface area contributed by atoms with Gasteiger partial charge in [0.25, 0.3) is 5.91 Å². The van der Waals surface area contributed by atoms with E-state index < -0.39 is 0 Å². The number of furan rings is 1. The summed E-state index contributed by atoms with van der Waals surface area (Å²) in [5.74, 6) is -0.0717. The Kier molecular flexibility index (Phi) is 5.85. The third-order valence-corrected chi connectivity index (χ3v) is 4.41. The number of benzene rings is 1. The molecule has 1 aromatic carbocycles. The molecule has 2 aromatic rings. The number of amides is 2. The molecule has 1 aliphatic rings. The van der Waals surface area contributed by atoms with Crippen molar-refractivity contribution >= 4 is 11.8 Å². The van der Waals surface area contributed by atoms with E-state index in [1.165, 1.54) is 12.5 Å². The zero-order chi connectivity index (χ0) is 17.5. The highest BCUT2D eigenvalue weighted by molar-refractivity contribution is 5.93. The highest BCUT2D eigenvalue weighted by Crippen LogP contribution is 2.11. The Balaban J connectivity index is 1.36. The van der Waals surface area contributed by atoms with E-state index in [2.05, 4.69) is 15.5 Å². The number of nitrogens with one attached hydrogen (secondary N) is 2. The van der Waals surface area contributed by atoms with Crippen molar-refractivity contribution in [2.45, 2.75) is 25.4 Å². The van der Waals surface area contributed by atoms with Gasteiger partial charge in [-0.3, -0.25) is 14.5 Å². The molecule has 1 aromatic heterocycles. The molecular formula is C19H23N3O3. The van der Waals surface area contributed by atoms with Crippen molar-refractivity contribution in [1.29, 1.82) is 0 Å². The third-order valence-electron chi connectivity index (χ3n) is 4.41. The summed E-state index contributed by atoms with van der Waals surface area (Å²) in [6, 6.07) is 11.7. The summed E-state index contributed by atoms with van der Waals surface area (Å²) in [5, 5.41) is 5.96. The fraction of sp³-hybridized carbons (Fsp3) is 0.368. The first-order valence-electron chi connectivity index (χ1n) is 8.57. The van der Waals surface area contributed by atoms with Crippen molar-refractivity contribution in [3.8, 4) is 0 Å². The largest absolute Gasteiger partial charge is 0.472 e. The maximum atomic E-state index is 12.1. The van der Waals surface area contributed by atoms with Crippen LogP contribution in [0, 0.1) is 0 Å². The topological polar surface area (TPSA) is 74.6 Å². The first-order chi connectivity index (χ1) is 12.2. The molecule has 6 heteroatoms. The minimum absolute atomic E-state index is 0.0322. The van der Waals surface area contributed by atoms with Crippen LogP contribution >= 0.6 is 0 Å². The summed E-state index contributed by atoms with van der Waals surface area (Å²) in [6.07, 6.45) is 4.62. The minimum atomic E-state index is -0.104. The van der Waals surface area contributed by atoms with Crippen LogP contribution in [-0.4, -0.2) is 42.4 Å². The Morgan fingerprint density at radius 1 is 1.12 bits per heavy atom. The first kappa shape index (κ1) is 17.2. The SMILES string of the molecule is O=C(CN1CCC(NC(=O)c2ccoc2)CC1)NCc1ccccc1. The van der Waals surface area contributed by atoms with Gasteiger partial charge in [0.05, 0.1) is 18.4 Å². The summed E-state index contributed by atoms with van der Waals surface area (Å²) in [5.41, 5.74) is 1.64. The summed E-state index contributed by atoms with van der Waals surface area (Å²) in [6.45, 7) is 2.55. The summed E-state index contributed by atoms with van der Waals surface area (Å²) >= 11 is 0. The van der Waals surface area contributed by atoms with Crippen LogP contribution in [0.5, 0.6) is 0 Å². The quantitative estimate of drug-likeness (QED) is 0.840. The van der Waals surface area contributed by atoms with Gasteiger partial charge < -0.3 is 15.1 Å². The van der Waals surface area contributed by atoms with Gasteiger partial charge in [-0.15, -0.1) is 0 Å². The lowest BCUT2D eigenvalue weighted by molar-refractivity contribution is -0.122. The van der Waals surface area contributed by atoms with E-state index in [1.54, 1.807) is 6.07 Å². The molecule has 0 spiro atoms. The molecule has 0 saturated carbocycles. The van der Waals surface area contributed by atoms with Crippen molar-refractivity contribution in [3.63, 3.8) is 0 Å². The van der Waals surface area contributed by atoms with Crippen LogP contribution in [0.4, 0.5) is 0 Å². The minimum Gasteiger partial charge on any atom is -0.472 e. The van der Waals surface area contributed by atoms with Crippen LogP contribution in [0.15, 0.2) is 53.3 Å². The second-order valence-electron chi connectivity index (χ2n) is 6.30. The number of carbonyl (C=O) groups is 2. The maximum absolute atomic E-state index is 12.1. The molecule has 25 heavy (non-hydrogen) atoms. The van der Waals surface area contributed by atoms with E-state index in [1.807, 2.05) is 30.3 Å². The lowest BCUT2D eigenvalue weighted by atomic mass is 10.0. The van der Waals surface area contributed by atoms with Gasteiger partial charge in [-0.1, -0.05) is 30.3 Å². The zero-order valence-electron chi connectivity index (χ0n) is 14.1. The first-order valence-corrected chi connectivity index (χ1v) is 8.57. The van der Waals surface area contributed by atoms with E-state index in [0.29, 0.717) is 18.7 Å². The van der Waals surface area contributed by atoms with E-state index >= 15 is 0 Å². The molecule has 0 bridgehead atoms. The highest BCUT2D eigenvalue weighted by Gasteiger charge is 2.22. The zero-order valence-corrected chi connectivity index (χ0v) is 14.1. The van der Waals surface area contributed by atoms with Gasteiger partial charge in [0.15, 0.2) is 0 Å².